The highest BCUT2D eigenvalue weighted by Crippen LogP contribution is 2.13. The van der Waals surface area contributed by atoms with Gasteiger partial charge < -0.3 is 10.2 Å². The molecule has 0 heterocycles. The predicted molar refractivity (Wildman–Crippen MR) is 94.3 cm³/mol. The van der Waals surface area contributed by atoms with E-state index in [0.29, 0.717) is 21.7 Å². The molecule has 0 aromatic heterocycles. The number of amides is 2. The second-order valence-corrected chi connectivity index (χ2v) is 5.75. The molecule has 0 saturated heterocycles. The lowest BCUT2D eigenvalue weighted by atomic mass is 10.1. The van der Waals surface area contributed by atoms with Gasteiger partial charge in [-0.15, -0.1) is 0 Å². The zero-order chi connectivity index (χ0) is 17.4. The highest BCUT2D eigenvalue weighted by atomic mass is 35.5. The summed E-state index contributed by atoms with van der Waals surface area (Å²) in [5.41, 5.74) is 1.65. The van der Waals surface area contributed by atoms with Crippen molar-refractivity contribution in [2.45, 2.75) is 6.92 Å². The van der Waals surface area contributed by atoms with Crippen LogP contribution in [0.4, 0.5) is 0 Å². The fraction of sp³-hybridized carbons (Fsp3) is 0.222. The number of hydrogen-bond donors (Lipinski definition) is 1. The Bertz CT molecular complexity index is 642. The normalized spacial score (nSPS) is 11.8. The highest BCUT2D eigenvalue weighted by molar-refractivity contribution is 6.31. The van der Waals surface area contributed by atoms with E-state index in [1.54, 1.807) is 57.4 Å². The second kappa shape index (κ2) is 8.96. The van der Waals surface area contributed by atoms with Crippen molar-refractivity contribution in [3.8, 4) is 0 Å². The lowest BCUT2D eigenvalue weighted by Crippen LogP contribution is -2.25. The SMILES string of the molecule is C=C(/C=C\C(C(=O)N(C)C)=C(/C)Cl)CNC(=O)c1ccccc1. The molecule has 2 amide bonds. The summed E-state index contributed by atoms with van der Waals surface area (Å²) in [5.74, 6) is -0.358. The molecular formula is C18H21ClN2O2. The van der Waals surface area contributed by atoms with Crippen molar-refractivity contribution in [3.63, 3.8) is 0 Å². The Balaban J connectivity index is 2.64. The summed E-state index contributed by atoms with van der Waals surface area (Å²) in [4.78, 5) is 25.4. The smallest absolute Gasteiger partial charge is 0.254 e. The first-order chi connectivity index (χ1) is 10.8. The summed E-state index contributed by atoms with van der Waals surface area (Å²) in [5, 5.41) is 3.17. The van der Waals surface area contributed by atoms with Gasteiger partial charge in [0.1, 0.15) is 0 Å². The quantitative estimate of drug-likeness (QED) is 0.642. The zero-order valence-corrected chi connectivity index (χ0v) is 14.4. The number of carbonyl (C=O) groups excluding carboxylic acids is 2. The molecule has 5 heteroatoms. The summed E-state index contributed by atoms with van der Waals surface area (Å²) in [7, 11) is 3.32. The highest BCUT2D eigenvalue weighted by Gasteiger charge is 2.11. The van der Waals surface area contributed by atoms with E-state index in [9.17, 15) is 9.59 Å². The topological polar surface area (TPSA) is 49.4 Å². The van der Waals surface area contributed by atoms with Crippen LogP contribution in [0, 0.1) is 0 Å². The van der Waals surface area contributed by atoms with Crippen molar-refractivity contribution in [1.29, 1.82) is 0 Å². The summed E-state index contributed by atoms with van der Waals surface area (Å²) < 4.78 is 0. The molecule has 1 aromatic carbocycles. The monoisotopic (exact) mass is 332 g/mol. The number of rotatable bonds is 6. The van der Waals surface area contributed by atoms with Gasteiger partial charge in [0.2, 0.25) is 0 Å². The zero-order valence-electron chi connectivity index (χ0n) is 13.6. The van der Waals surface area contributed by atoms with Gasteiger partial charge in [0, 0.05) is 31.2 Å². The van der Waals surface area contributed by atoms with Gasteiger partial charge in [0.05, 0.1) is 5.57 Å². The van der Waals surface area contributed by atoms with Crippen LogP contribution in [0.15, 0.2) is 65.2 Å². The molecule has 0 unspecified atom stereocenters. The van der Waals surface area contributed by atoms with E-state index in [-0.39, 0.29) is 18.4 Å². The van der Waals surface area contributed by atoms with Gasteiger partial charge in [0.25, 0.3) is 11.8 Å². The number of hydrogen-bond acceptors (Lipinski definition) is 2. The van der Waals surface area contributed by atoms with Gasteiger partial charge in [-0.05, 0) is 30.7 Å². The maximum Gasteiger partial charge on any atom is 0.254 e. The Labute approximate surface area is 142 Å². The van der Waals surface area contributed by atoms with Crippen LogP contribution in [0.5, 0.6) is 0 Å². The van der Waals surface area contributed by atoms with Crippen molar-refractivity contribution in [1.82, 2.24) is 10.2 Å². The fourth-order valence-corrected chi connectivity index (χ4v) is 1.86. The van der Waals surface area contributed by atoms with Crippen LogP contribution in [0.2, 0.25) is 0 Å². The number of carbonyl (C=O) groups is 2. The Morgan fingerprint density at radius 3 is 2.35 bits per heavy atom. The molecule has 0 aliphatic rings. The molecule has 1 aromatic rings. The molecule has 0 saturated carbocycles. The first-order valence-electron chi connectivity index (χ1n) is 7.10. The molecule has 0 atom stereocenters. The third-order valence-corrected chi connectivity index (χ3v) is 3.21. The van der Waals surface area contributed by atoms with Crippen molar-refractivity contribution in [2.24, 2.45) is 0 Å². The summed E-state index contributed by atoms with van der Waals surface area (Å²) in [6, 6.07) is 8.93. The van der Waals surface area contributed by atoms with Crippen LogP contribution in [0.1, 0.15) is 17.3 Å². The molecule has 0 spiro atoms. The van der Waals surface area contributed by atoms with Crippen LogP contribution >= 0.6 is 11.6 Å². The van der Waals surface area contributed by atoms with E-state index >= 15 is 0 Å². The standard InChI is InChI=1S/C18H21ClN2O2/c1-13(10-11-16(14(2)19)18(23)21(3)4)12-20-17(22)15-8-6-5-7-9-15/h5-11H,1,12H2,2-4H3,(H,20,22)/b11-10-,16-14-. The number of benzene rings is 1. The van der Waals surface area contributed by atoms with E-state index < -0.39 is 0 Å². The average Bonchev–Trinajstić information content (AvgIpc) is 2.52. The Morgan fingerprint density at radius 1 is 1.22 bits per heavy atom. The maximum atomic E-state index is 12.0. The first-order valence-corrected chi connectivity index (χ1v) is 7.48. The third-order valence-electron chi connectivity index (χ3n) is 3.01. The van der Waals surface area contributed by atoms with Crippen molar-refractivity contribution < 1.29 is 9.59 Å². The largest absolute Gasteiger partial charge is 0.348 e. The van der Waals surface area contributed by atoms with E-state index in [0.717, 1.165) is 0 Å². The molecule has 0 fully saturated rings. The number of allylic oxidation sites excluding steroid dienone is 1. The fourth-order valence-electron chi connectivity index (χ4n) is 1.72. The van der Waals surface area contributed by atoms with E-state index in [1.165, 1.54) is 4.90 Å². The second-order valence-electron chi connectivity index (χ2n) is 5.19. The minimum Gasteiger partial charge on any atom is -0.348 e. The Kier molecular flexibility index (Phi) is 7.29. The number of nitrogens with one attached hydrogen (secondary N) is 1. The minimum atomic E-state index is -0.185. The van der Waals surface area contributed by atoms with Crippen molar-refractivity contribution >= 4 is 23.4 Å². The van der Waals surface area contributed by atoms with E-state index in [2.05, 4.69) is 11.9 Å². The van der Waals surface area contributed by atoms with Crippen LogP contribution < -0.4 is 5.32 Å². The lowest BCUT2D eigenvalue weighted by molar-refractivity contribution is -0.124. The molecule has 0 radical (unpaired) electrons. The molecule has 0 bridgehead atoms. The van der Waals surface area contributed by atoms with Gasteiger partial charge in [-0.2, -0.15) is 0 Å². The average molecular weight is 333 g/mol. The van der Waals surface area contributed by atoms with Gasteiger partial charge in [-0.3, -0.25) is 9.59 Å². The van der Waals surface area contributed by atoms with Gasteiger partial charge >= 0.3 is 0 Å². The summed E-state index contributed by atoms with van der Waals surface area (Å²) >= 11 is 5.96. The molecule has 0 aliphatic heterocycles. The summed E-state index contributed by atoms with van der Waals surface area (Å²) in [6.07, 6.45) is 3.29. The Hall–Kier alpha value is -2.33. The lowest BCUT2D eigenvalue weighted by Gasteiger charge is -2.12. The van der Waals surface area contributed by atoms with Gasteiger partial charge in [0.15, 0.2) is 0 Å². The molecular weight excluding hydrogens is 312 g/mol. The van der Waals surface area contributed by atoms with Crippen molar-refractivity contribution in [2.75, 3.05) is 20.6 Å². The van der Waals surface area contributed by atoms with E-state index in [4.69, 9.17) is 11.6 Å². The number of likely N-dealkylation sites (N-methyl/N-ethyl adjacent to an activating group) is 1. The first kappa shape index (κ1) is 18.7. The van der Waals surface area contributed by atoms with E-state index in [1.807, 2.05) is 6.07 Å². The molecule has 23 heavy (non-hydrogen) atoms. The summed E-state index contributed by atoms with van der Waals surface area (Å²) in [6.45, 7) is 5.81. The third kappa shape index (κ3) is 6.12. The minimum absolute atomic E-state index is 0.172. The molecule has 0 aliphatic carbocycles. The van der Waals surface area contributed by atoms with Gasteiger partial charge in [-0.1, -0.05) is 42.5 Å². The Morgan fingerprint density at radius 2 is 1.83 bits per heavy atom. The maximum absolute atomic E-state index is 12.0. The van der Waals surface area contributed by atoms with Crippen molar-refractivity contribution in [3.05, 3.63) is 70.8 Å². The van der Waals surface area contributed by atoms with Crippen LogP contribution in [-0.2, 0) is 4.79 Å². The molecule has 122 valence electrons. The molecule has 1 rings (SSSR count). The number of halogens is 1. The van der Waals surface area contributed by atoms with Crippen LogP contribution in [0.3, 0.4) is 0 Å². The molecule has 1 N–H and O–H groups in total. The molecule has 4 nitrogen and oxygen atoms in total. The van der Waals surface area contributed by atoms with Crippen LogP contribution in [0.25, 0.3) is 0 Å². The van der Waals surface area contributed by atoms with Gasteiger partial charge in [-0.25, -0.2) is 0 Å². The predicted octanol–water partition coefficient (Wildman–Crippen LogP) is 3.13. The number of nitrogens with zero attached hydrogens (tertiary/aromatic N) is 1. The van der Waals surface area contributed by atoms with Crippen LogP contribution in [-0.4, -0.2) is 37.4 Å².